The number of rotatable bonds is 7. The molecule has 2 aromatic carbocycles. The van der Waals surface area contributed by atoms with Crippen molar-refractivity contribution in [3.05, 3.63) is 59.2 Å². The highest BCUT2D eigenvalue weighted by Gasteiger charge is 2.14. The van der Waals surface area contributed by atoms with Crippen LogP contribution in [-0.4, -0.2) is 24.7 Å². The van der Waals surface area contributed by atoms with Gasteiger partial charge in [-0.2, -0.15) is 0 Å². The lowest BCUT2D eigenvalue weighted by molar-refractivity contribution is -0.114. The summed E-state index contributed by atoms with van der Waals surface area (Å²) in [6.45, 7) is 5.91. The van der Waals surface area contributed by atoms with Gasteiger partial charge >= 0.3 is 0 Å². The SMILES string of the molecule is COc1ccc(C(C)NCC(O)c2ccccc2C)cc1NC(C)=O. The molecule has 0 radical (unpaired) electrons. The summed E-state index contributed by atoms with van der Waals surface area (Å²) < 4.78 is 5.28. The van der Waals surface area contributed by atoms with Crippen molar-refractivity contribution in [3.63, 3.8) is 0 Å². The van der Waals surface area contributed by atoms with Gasteiger partial charge in [-0.05, 0) is 42.7 Å². The lowest BCUT2D eigenvalue weighted by atomic mass is 10.0. The molecule has 0 spiro atoms. The summed E-state index contributed by atoms with van der Waals surface area (Å²) in [6.07, 6.45) is -0.572. The fraction of sp³-hybridized carbons (Fsp3) is 0.350. The van der Waals surface area contributed by atoms with Crippen molar-refractivity contribution in [1.82, 2.24) is 5.32 Å². The normalized spacial score (nSPS) is 13.2. The molecule has 0 heterocycles. The zero-order chi connectivity index (χ0) is 18.4. The molecule has 0 aromatic heterocycles. The summed E-state index contributed by atoms with van der Waals surface area (Å²) in [5.41, 5.74) is 3.64. The zero-order valence-corrected chi connectivity index (χ0v) is 15.2. The molecule has 3 N–H and O–H groups in total. The second-order valence-electron chi connectivity index (χ2n) is 6.14. The molecular weight excluding hydrogens is 316 g/mol. The first-order valence-electron chi connectivity index (χ1n) is 8.35. The molecule has 0 aliphatic carbocycles. The lowest BCUT2D eigenvalue weighted by Gasteiger charge is -2.20. The third kappa shape index (κ3) is 5.05. The summed E-state index contributed by atoms with van der Waals surface area (Å²) in [7, 11) is 1.57. The van der Waals surface area contributed by atoms with Crippen molar-refractivity contribution < 1.29 is 14.6 Å². The number of aryl methyl sites for hydroxylation is 1. The summed E-state index contributed by atoms with van der Waals surface area (Å²) in [5.74, 6) is 0.470. The summed E-state index contributed by atoms with van der Waals surface area (Å²) in [6, 6.07) is 13.5. The topological polar surface area (TPSA) is 70.6 Å². The van der Waals surface area contributed by atoms with Crippen molar-refractivity contribution in [1.29, 1.82) is 0 Å². The minimum absolute atomic E-state index is 0.0112. The monoisotopic (exact) mass is 342 g/mol. The van der Waals surface area contributed by atoms with Crippen LogP contribution in [0.5, 0.6) is 5.75 Å². The van der Waals surface area contributed by atoms with Crippen LogP contribution in [0.4, 0.5) is 5.69 Å². The Kier molecular flexibility index (Phi) is 6.56. The van der Waals surface area contributed by atoms with E-state index in [-0.39, 0.29) is 11.9 Å². The highest BCUT2D eigenvalue weighted by Crippen LogP contribution is 2.28. The molecule has 2 rings (SSSR count). The number of benzene rings is 2. The maximum Gasteiger partial charge on any atom is 0.221 e. The fourth-order valence-corrected chi connectivity index (χ4v) is 2.76. The second-order valence-corrected chi connectivity index (χ2v) is 6.14. The first-order chi connectivity index (χ1) is 11.9. The van der Waals surface area contributed by atoms with Gasteiger partial charge in [-0.1, -0.05) is 30.3 Å². The smallest absolute Gasteiger partial charge is 0.221 e. The average molecular weight is 342 g/mol. The van der Waals surface area contributed by atoms with Gasteiger partial charge < -0.3 is 20.5 Å². The van der Waals surface area contributed by atoms with Gasteiger partial charge in [-0.3, -0.25) is 4.79 Å². The van der Waals surface area contributed by atoms with Crippen LogP contribution in [0.2, 0.25) is 0 Å². The molecule has 5 heteroatoms. The van der Waals surface area contributed by atoms with Crippen molar-refractivity contribution in [2.75, 3.05) is 19.0 Å². The van der Waals surface area contributed by atoms with E-state index >= 15 is 0 Å². The van der Waals surface area contributed by atoms with Crippen molar-refractivity contribution in [2.24, 2.45) is 0 Å². The van der Waals surface area contributed by atoms with Crippen molar-refractivity contribution in [2.45, 2.75) is 32.9 Å². The molecule has 2 unspecified atom stereocenters. The average Bonchev–Trinajstić information content (AvgIpc) is 2.59. The molecule has 0 aliphatic heterocycles. The highest BCUT2D eigenvalue weighted by atomic mass is 16.5. The van der Waals surface area contributed by atoms with E-state index in [2.05, 4.69) is 10.6 Å². The van der Waals surface area contributed by atoms with E-state index < -0.39 is 6.10 Å². The number of anilines is 1. The van der Waals surface area contributed by atoms with Crippen LogP contribution in [-0.2, 0) is 4.79 Å². The molecule has 134 valence electrons. The molecule has 0 aliphatic rings. The predicted molar refractivity (Wildman–Crippen MR) is 99.9 cm³/mol. The Bertz CT molecular complexity index is 731. The molecule has 5 nitrogen and oxygen atoms in total. The van der Waals surface area contributed by atoms with Crippen LogP contribution in [0.15, 0.2) is 42.5 Å². The van der Waals surface area contributed by atoms with Gasteiger partial charge in [0.05, 0.1) is 18.9 Å². The minimum atomic E-state index is -0.572. The van der Waals surface area contributed by atoms with Crippen molar-refractivity contribution >= 4 is 11.6 Å². The van der Waals surface area contributed by atoms with Gasteiger partial charge in [0.15, 0.2) is 0 Å². The molecule has 0 saturated carbocycles. The Hall–Kier alpha value is -2.37. The number of carbonyl (C=O) groups is 1. The predicted octanol–water partition coefficient (Wildman–Crippen LogP) is 3.35. The maximum atomic E-state index is 11.4. The first-order valence-corrected chi connectivity index (χ1v) is 8.35. The van der Waals surface area contributed by atoms with Crippen LogP contribution in [0, 0.1) is 6.92 Å². The Morgan fingerprint density at radius 1 is 1.24 bits per heavy atom. The lowest BCUT2D eigenvalue weighted by Crippen LogP contribution is -2.25. The number of aliphatic hydroxyl groups is 1. The van der Waals surface area contributed by atoms with Crippen LogP contribution < -0.4 is 15.4 Å². The van der Waals surface area contributed by atoms with Gasteiger partial charge in [0.2, 0.25) is 5.91 Å². The third-order valence-corrected chi connectivity index (χ3v) is 4.20. The number of methoxy groups -OCH3 is 1. The van der Waals surface area contributed by atoms with Gasteiger partial charge in [-0.25, -0.2) is 0 Å². The number of ether oxygens (including phenoxy) is 1. The highest BCUT2D eigenvalue weighted by molar-refractivity contribution is 5.90. The van der Waals surface area contributed by atoms with E-state index in [0.717, 1.165) is 16.7 Å². The molecule has 0 bridgehead atoms. The molecular formula is C20H26N2O3. The number of nitrogens with one attached hydrogen (secondary N) is 2. The number of amides is 1. The van der Waals surface area contributed by atoms with E-state index in [4.69, 9.17) is 4.74 Å². The number of aliphatic hydroxyl groups excluding tert-OH is 1. The number of hydrogen-bond donors (Lipinski definition) is 3. The molecule has 1 amide bonds. The largest absolute Gasteiger partial charge is 0.495 e. The van der Waals surface area contributed by atoms with Crippen LogP contribution in [0.3, 0.4) is 0 Å². The van der Waals surface area contributed by atoms with E-state index in [9.17, 15) is 9.90 Å². The Morgan fingerprint density at radius 3 is 2.60 bits per heavy atom. The molecule has 2 aromatic rings. The van der Waals surface area contributed by atoms with Gasteiger partial charge in [-0.15, -0.1) is 0 Å². The third-order valence-electron chi connectivity index (χ3n) is 4.20. The van der Waals surface area contributed by atoms with E-state index in [0.29, 0.717) is 18.0 Å². The van der Waals surface area contributed by atoms with Crippen LogP contribution in [0.1, 0.15) is 42.7 Å². The molecule has 2 atom stereocenters. The summed E-state index contributed by atoms with van der Waals surface area (Å²) in [5, 5.41) is 16.5. The Labute approximate surface area is 149 Å². The van der Waals surface area contributed by atoms with E-state index in [1.54, 1.807) is 7.11 Å². The van der Waals surface area contributed by atoms with Gasteiger partial charge in [0, 0.05) is 19.5 Å². The number of hydrogen-bond acceptors (Lipinski definition) is 4. The van der Waals surface area contributed by atoms with Gasteiger partial charge in [0.1, 0.15) is 5.75 Å². The standard InChI is InChI=1S/C20H26N2O3/c1-13-7-5-6-8-17(13)19(24)12-21-14(2)16-9-10-20(25-4)18(11-16)22-15(3)23/h5-11,14,19,21,24H,12H2,1-4H3,(H,22,23). The summed E-state index contributed by atoms with van der Waals surface area (Å²) in [4.78, 5) is 11.4. The maximum absolute atomic E-state index is 11.4. The quantitative estimate of drug-likeness (QED) is 0.722. The number of carbonyl (C=O) groups excluding carboxylic acids is 1. The molecule has 0 saturated heterocycles. The van der Waals surface area contributed by atoms with E-state index in [1.807, 2.05) is 56.3 Å². The van der Waals surface area contributed by atoms with Crippen LogP contribution >= 0.6 is 0 Å². The second kappa shape index (κ2) is 8.65. The molecule has 0 fully saturated rings. The van der Waals surface area contributed by atoms with Gasteiger partial charge in [0.25, 0.3) is 0 Å². The Balaban J connectivity index is 2.06. The van der Waals surface area contributed by atoms with Crippen LogP contribution in [0.25, 0.3) is 0 Å². The summed E-state index contributed by atoms with van der Waals surface area (Å²) >= 11 is 0. The zero-order valence-electron chi connectivity index (χ0n) is 15.2. The Morgan fingerprint density at radius 2 is 1.96 bits per heavy atom. The minimum Gasteiger partial charge on any atom is -0.495 e. The first kappa shape index (κ1) is 19.0. The van der Waals surface area contributed by atoms with Crippen molar-refractivity contribution in [3.8, 4) is 5.75 Å². The van der Waals surface area contributed by atoms with E-state index in [1.165, 1.54) is 6.92 Å². The molecule has 25 heavy (non-hydrogen) atoms. The fourth-order valence-electron chi connectivity index (χ4n) is 2.76.